The molecule has 6 rings (SSSR count). The molecule has 350 valence electrons. The van der Waals surface area contributed by atoms with Crippen LogP contribution in [0, 0.1) is 0 Å². The van der Waals surface area contributed by atoms with E-state index < -0.39 is 12.1 Å². The largest absolute Gasteiger partial charge is 0.346 e. The van der Waals surface area contributed by atoms with Crippen molar-refractivity contribution in [3.05, 3.63) is 131 Å². The van der Waals surface area contributed by atoms with Gasteiger partial charge in [-0.15, -0.1) is 0 Å². The number of likely N-dealkylation sites (N-methyl/N-ethyl adjacent to an activating group) is 2. The lowest BCUT2D eigenvalue weighted by molar-refractivity contribution is -0.134. The molecule has 0 bridgehead atoms. The molecule has 2 aliphatic heterocycles. The predicted molar refractivity (Wildman–Crippen MR) is 257 cm³/mol. The summed E-state index contributed by atoms with van der Waals surface area (Å²) in [6.07, 6.45) is 4.49. The number of carbonyl (C=O) groups is 6. The lowest BCUT2D eigenvalue weighted by Gasteiger charge is -2.31. The summed E-state index contributed by atoms with van der Waals surface area (Å²) in [5.41, 5.74) is 5.07. The minimum atomic E-state index is -0.416. The summed E-state index contributed by atoms with van der Waals surface area (Å²) in [7, 11) is 3.39. The van der Waals surface area contributed by atoms with Crippen LogP contribution in [0.25, 0.3) is 11.1 Å². The van der Waals surface area contributed by atoms with Gasteiger partial charge in [-0.3, -0.25) is 28.8 Å². The number of likely N-dealkylation sites (tertiary alicyclic amines) is 2. The van der Waals surface area contributed by atoms with Crippen LogP contribution in [0.15, 0.2) is 109 Å². The van der Waals surface area contributed by atoms with Crippen molar-refractivity contribution in [2.75, 3.05) is 66.5 Å². The van der Waals surface area contributed by atoms with Gasteiger partial charge in [-0.25, -0.2) is 0 Å². The molecular formula is C52H66N8O6. The summed E-state index contributed by atoms with van der Waals surface area (Å²) in [6, 6.07) is 33.9. The van der Waals surface area contributed by atoms with E-state index in [0.29, 0.717) is 63.2 Å². The van der Waals surface area contributed by atoms with E-state index in [2.05, 4.69) is 21.3 Å². The van der Waals surface area contributed by atoms with Crippen molar-refractivity contribution in [3.8, 4) is 11.1 Å². The first-order valence-electron chi connectivity index (χ1n) is 23.3. The number of nitrogens with one attached hydrogen (secondary N) is 4. The number of benzene rings is 4. The monoisotopic (exact) mass is 899 g/mol. The first-order valence-corrected chi connectivity index (χ1v) is 23.3. The van der Waals surface area contributed by atoms with Gasteiger partial charge in [-0.2, -0.15) is 0 Å². The molecular weight excluding hydrogens is 833 g/mol. The minimum Gasteiger partial charge on any atom is -0.346 e. The molecule has 2 aliphatic rings. The van der Waals surface area contributed by atoms with Gasteiger partial charge in [0.25, 0.3) is 11.8 Å². The van der Waals surface area contributed by atoms with Gasteiger partial charge in [0.2, 0.25) is 23.6 Å². The molecule has 0 aromatic heterocycles. The van der Waals surface area contributed by atoms with Crippen molar-refractivity contribution < 1.29 is 28.8 Å². The summed E-state index contributed by atoms with van der Waals surface area (Å²) in [5.74, 6) is -1.05. The molecule has 66 heavy (non-hydrogen) atoms. The van der Waals surface area contributed by atoms with E-state index in [9.17, 15) is 28.8 Å². The number of rotatable bonds is 21. The van der Waals surface area contributed by atoms with E-state index >= 15 is 0 Å². The topological polar surface area (TPSA) is 163 Å². The molecule has 14 nitrogen and oxygen atoms in total. The molecule has 0 saturated carbocycles. The second-order valence-corrected chi connectivity index (χ2v) is 17.4. The Hall–Kier alpha value is -6.38. The molecule has 4 aromatic carbocycles. The highest BCUT2D eigenvalue weighted by Gasteiger charge is 2.34. The molecule has 4 atom stereocenters. The van der Waals surface area contributed by atoms with Gasteiger partial charge < -0.3 is 40.9 Å². The summed E-state index contributed by atoms with van der Waals surface area (Å²) < 4.78 is 0. The third kappa shape index (κ3) is 13.4. The third-order valence-corrected chi connectivity index (χ3v) is 12.9. The summed E-state index contributed by atoms with van der Waals surface area (Å²) in [4.78, 5) is 87.2. The normalized spacial score (nSPS) is 16.6. The summed E-state index contributed by atoms with van der Waals surface area (Å²) in [6.45, 7) is 6.14. The lowest BCUT2D eigenvalue weighted by atomic mass is 10.0. The van der Waals surface area contributed by atoms with Crippen LogP contribution < -0.4 is 21.3 Å². The molecule has 2 saturated heterocycles. The van der Waals surface area contributed by atoms with E-state index in [1.807, 2.05) is 119 Å². The fourth-order valence-electron chi connectivity index (χ4n) is 8.66. The van der Waals surface area contributed by atoms with E-state index in [4.69, 9.17) is 0 Å². The quantitative estimate of drug-likeness (QED) is 0.0970. The van der Waals surface area contributed by atoms with Crippen molar-refractivity contribution in [3.63, 3.8) is 0 Å². The van der Waals surface area contributed by atoms with Gasteiger partial charge in [0.1, 0.15) is 0 Å². The van der Waals surface area contributed by atoms with Gasteiger partial charge in [0.05, 0.1) is 25.2 Å². The number of amides is 6. The Balaban J connectivity index is 1.13. The van der Waals surface area contributed by atoms with Crippen LogP contribution in [0.3, 0.4) is 0 Å². The third-order valence-electron chi connectivity index (χ3n) is 12.9. The van der Waals surface area contributed by atoms with Crippen LogP contribution in [0.4, 0.5) is 0 Å². The number of hydrogen-bond donors (Lipinski definition) is 4. The highest BCUT2D eigenvalue weighted by molar-refractivity contribution is 5.96. The zero-order chi connectivity index (χ0) is 47.0. The average molecular weight is 899 g/mol. The van der Waals surface area contributed by atoms with E-state index in [1.54, 1.807) is 37.7 Å². The van der Waals surface area contributed by atoms with Crippen LogP contribution in [0.2, 0.25) is 0 Å². The lowest BCUT2D eigenvalue weighted by Crippen LogP contribution is -2.50. The fourth-order valence-corrected chi connectivity index (χ4v) is 8.66. The number of hydrogen-bond acceptors (Lipinski definition) is 8. The molecule has 2 heterocycles. The molecule has 0 unspecified atom stereocenters. The summed E-state index contributed by atoms with van der Waals surface area (Å²) >= 11 is 0. The molecule has 4 N–H and O–H groups in total. The smallest absolute Gasteiger partial charge is 0.253 e. The second-order valence-electron chi connectivity index (χ2n) is 17.4. The Morgan fingerprint density at radius 1 is 0.545 bits per heavy atom. The first-order chi connectivity index (χ1) is 31.9. The SMILES string of the molecule is CN[C@@H](C)C(=O)NCC(=O)N1CCC[C@@H]1CN(CCc1ccccc1)C(=O)c1ccc(-c2ccc(C(=O)N(CCc3ccccc3)C[C@@H]3CCCN3C(=O)CNC(=O)[C@H](C)NC)cc2)cc1. The van der Waals surface area contributed by atoms with E-state index in [1.165, 1.54) is 0 Å². The second kappa shape index (κ2) is 24.2. The maximum atomic E-state index is 14.3. The Morgan fingerprint density at radius 2 is 0.909 bits per heavy atom. The van der Waals surface area contributed by atoms with Crippen molar-refractivity contribution in [2.45, 2.75) is 76.5 Å². The van der Waals surface area contributed by atoms with E-state index in [-0.39, 0.29) is 60.6 Å². The van der Waals surface area contributed by atoms with Gasteiger partial charge in [0, 0.05) is 62.5 Å². The predicted octanol–water partition coefficient (Wildman–Crippen LogP) is 4.15. The van der Waals surface area contributed by atoms with E-state index in [0.717, 1.165) is 47.9 Å². The standard InChI is InChI=1S/C52H66N8O6/c1-37(53-3)49(63)55-33-47(61)59-29-11-17-45(59)35-57(31-27-39-13-7-5-8-14-39)51(65)43-23-19-41(20-24-43)42-21-25-44(26-22-42)52(66)58(32-28-40-15-9-6-10-16-40)36-46-18-12-30-60(46)48(62)34-56-50(64)38(2)54-4/h5-10,13-16,19-26,37-38,45-46,53-54H,11-12,17-18,27-36H2,1-4H3,(H,55,63)(H,56,64)/t37-,38-,45-,46+/m0/s1. The minimum absolute atomic E-state index is 0.0932. The maximum absolute atomic E-state index is 14.3. The Bertz CT molecular complexity index is 2080. The van der Waals surface area contributed by atoms with Crippen LogP contribution in [0.1, 0.15) is 71.4 Å². The number of carbonyl (C=O) groups excluding carboxylic acids is 6. The number of nitrogens with zero attached hydrogens (tertiary/aromatic N) is 4. The van der Waals surface area contributed by atoms with Crippen molar-refractivity contribution >= 4 is 35.4 Å². The molecule has 0 aliphatic carbocycles. The maximum Gasteiger partial charge on any atom is 0.253 e. The van der Waals surface area contributed by atoms with Crippen molar-refractivity contribution in [1.82, 2.24) is 40.9 Å². The van der Waals surface area contributed by atoms with Crippen LogP contribution in [-0.2, 0) is 32.0 Å². The Morgan fingerprint density at radius 3 is 1.26 bits per heavy atom. The average Bonchev–Trinajstić information content (AvgIpc) is 4.04. The zero-order valence-corrected chi connectivity index (χ0v) is 38.8. The fraction of sp³-hybridized carbons (Fsp3) is 0.423. The van der Waals surface area contributed by atoms with Crippen LogP contribution in [0.5, 0.6) is 0 Å². The first kappa shape index (κ1) is 49.1. The highest BCUT2D eigenvalue weighted by atomic mass is 16.2. The van der Waals surface area contributed by atoms with Gasteiger partial charge in [0.15, 0.2) is 0 Å². The molecule has 0 radical (unpaired) electrons. The van der Waals surface area contributed by atoms with Gasteiger partial charge in [-0.1, -0.05) is 84.9 Å². The van der Waals surface area contributed by atoms with Crippen LogP contribution >= 0.6 is 0 Å². The van der Waals surface area contributed by atoms with Crippen molar-refractivity contribution in [2.24, 2.45) is 0 Å². The Labute approximate surface area is 389 Å². The Kier molecular flexibility index (Phi) is 18.0. The van der Waals surface area contributed by atoms with Crippen molar-refractivity contribution in [1.29, 1.82) is 0 Å². The van der Waals surface area contributed by atoms with Crippen LogP contribution in [-0.4, -0.2) is 146 Å². The molecule has 2 fully saturated rings. The highest BCUT2D eigenvalue weighted by Crippen LogP contribution is 2.25. The summed E-state index contributed by atoms with van der Waals surface area (Å²) in [5, 5.41) is 11.2. The van der Waals surface area contributed by atoms with Gasteiger partial charge >= 0.3 is 0 Å². The molecule has 14 heteroatoms. The molecule has 6 amide bonds. The molecule has 4 aromatic rings. The van der Waals surface area contributed by atoms with Gasteiger partial charge in [-0.05, 0) is 113 Å². The molecule has 0 spiro atoms. The zero-order valence-electron chi connectivity index (χ0n) is 38.8.